The van der Waals surface area contributed by atoms with Crippen LogP contribution >= 0.6 is 0 Å². The summed E-state index contributed by atoms with van der Waals surface area (Å²) in [6.07, 6.45) is 7.28. The topological polar surface area (TPSA) is 32.2 Å². The molecular weight excluding hydrogens is 387 g/mol. The number of rotatable bonds is 6. The van der Waals surface area contributed by atoms with E-state index in [4.69, 9.17) is 0 Å². The largest absolute Gasteiger partial charge is 0.374 e. The highest BCUT2D eigenvalue weighted by Crippen LogP contribution is 2.21. The highest BCUT2D eigenvalue weighted by atomic mass is 19.1. The monoisotopic (exact) mass is 420 g/mol. The molecule has 2 aromatic rings. The number of aromatic nitrogens is 1. The van der Waals surface area contributed by atoms with Gasteiger partial charge in [-0.05, 0) is 81.7 Å². The quantitative estimate of drug-likeness (QED) is 0.694. The summed E-state index contributed by atoms with van der Waals surface area (Å²) in [5, 5.41) is 8.23. The number of fused-ring (bicyclic) bond motifs is 1. The van der Waals surface area contributed by atoms with Gasteiger partial charge >= 0.3 is 0 Å². The van der Waals surface area contributed by atoms with Gasteiger partial charge < -0.3 is 20.1 Å². The number of halogens is 1. The fourth-order valence-corrected chi connectivity index (χ4v) is 4.36. The molecule has 164 valence electrons. The molecule has 1 aliphatic heterocycles. The molecule has 1 unspecified atom stereocenters. The van der Waals surface area contributed by atoms with E-state index in [9.17, 15) is 4.39 Å². The Labute approximate surface area is 185 Å². The van der Waals surface area contributed by atoms with Crippen LogP contribution in [0.5, 0.6) is 0 Å². The molecule has 1 atom stereocenters. The van der Waals surface area contributed by atoms with Crippen LogP contribution in [0.15, 0.2) is 48.2 Å². The standard InChI is InChI=1S/C26H33FN4/c1-3-31-25(5-4-14-28-23-9-7-22(27)8-10-23)18-21-17-20(6-11-26(21)31)19-29-24-12-15-30(2)16-13-24/h6-7,9-11,17-18,22,24,28-29H,3,8,12-16,19H2,1-2H3. The van der Waals surface area contributed by atoms with E-state index < -0.39 is 6.17 Å². The first-order valence-electron chi connectivity index (χ1n) is 11.4. The number of hydrogen-bond acceptors (Lipinski definition) is 3. The van der Waals surface area contributed by atoms with Crippen LogP contribution in [0.4, 0.5) is 4.39 Å². The van der Waals surface area contributed by atoms with Crippen molar-refractivity contribution in [1.82, 2.24) is 20.1 Å². The SMILES string of the molecule is CCn1c(C#CCNC2=CCC(F)C=C2)cc2cc(CNC3CCN(C)CC3)ccc21. The summed E-state index contributed by atoms with van der Waals surface area (Å²) in [5.74, 6) is 6.53. The number of alkyl halides is 1. The molecule has 2 aliphatic rings. The van der Waals surface area contributed by atoms with E-state index in [1.807, 2.05) is 6.08 Å². The lowest BCUT2D eigenvalue weighted by atomic mass is 10.0. The minimum Gasteiger partial charge on any atom is -0.374 e. The molecule has 2 heterocycles. The Morgan fingerprint density at radius 3 is 2.77 bits per heavy atom. The van der Waals surface area contributed by atoms with E-state index >= 15 is 0 Å². The molecule has 0 radical (unpaired) electrons. The third-order valence-electron chi connectivity index (χ3n) is 6.24. The molecule has 0 bridgehead atoms. The van der Waals surface area contributed by atoms with E-state index in [0.29, 0.717) is 19.0 Å². The average molecular weight is 421 g/mol. The summed E-state index contributed by atoms with van der Waals surface area (Å²) < 4.78 is 15.4. The Morgan fingerprint density at radius 1 is 1.19 bits per heavy atom. The average Bonchev–Trinajstić information content (AvgIpc) is 3.14. The van der Waals surface area contributed by atoms with E-state index in [1.54, 1.807) is 12.2 Å². The first-order valence-corrected chi connectivity index (χ1v) is 11.4. The highest BCUT2D eigenvalue weighted by Gasteiger charge is 2.16. The van der Waals surface area contributed by atoms with E-state index in [1.165, 1.54) is 42.4 Å². The molecule has 2 N–H and O–H groups in total. The van der Waals surface area contributed by atoms with Gasteiger partial charge in [-0.15, -0.1) is 0 Å². The number of benzene rings is 1. The molecule has 1 fully saturated rings. The Hall–Kier alpha value is -2.55. The van der Waals surface area contributed by atoms with Gasteiger partial charge in [0.15, 0.2) is 0 Å². The van der Waals surface area contributed by atoms with Gasteiger partial charge in [0.25, 0.3) is 0 Å². The smallest absolute Gasteiger partial charge is 0.122 e. The van der Waals surface area contributed by atoms with Crippen molar-refractivity contribution < 1.29 is 4.39 Å². The lowest BCUT2D eigenvalue weighted by Crippen LogP contribution is -2.40. The maximum atomic E-state index is 13.1. The van der Waals surface area contributed by atoms with Gasteiger partial charge in [-0.3, -0.25) is 0 Å². The van der Waals surface area contributed by atoms with Gasteiger partial charge in [0, 0.05) is 42.2 Å². The second-order valence-electron chi connectivity index (χ2n) is 8.55. The minimum atomic E-state index is -0.860. The third kappa shape index (κ3) is 5.58. The summed E-state index contributed by atoms with van der Waals surface area (Å²) in [5.41, 5.74) is 4.54. The van der Waals surface area contributed by atoms with Crippen molar-refractivity contribution in [2.24, 2.45) is 0 Å². The summed E-state index contributed by atoms with van der Waals surface area (Å²) in [6, 6.07) is 9.55. The zero-order valence-corrected chi connectivity index (χ0v) is 18.6. The van der Waals surface area contributed by atoms with Crippen LogP contribution in [-0.4, -0.2) is 48.4 Å². The maximum absolute atomic E-state index is 13.1. The number of likely N-dealkylation sites (tertiary alicyclic amines) is 1. The van der Waals surface area contributed by atoms with Crippen molar-refractivity contribution >= 4 is 10.9 Å². The van der Waals surface area contributed by atoms with Gasteiger partial charge in [-0.25, -0.2) is 4.39 Å². The first kappa shape index (κ1) is 21.7. The molecule has 4 rings (SSSR count). The fraction of sp³-hybridized carbons (Fsp3) is 0.462. The molecule has 4 nitrogen and oxygen atoms in total. The molecule has 0 amide bonds. The van der Waals surface area contributed by atoms with Crippen LogP contribution in [-0.2, 0) is 13.1 Å². The van der Waals surface area contributed by atoms with Crippen LogP contribution in [0.3, 0.4) is 0 Å². The zero-order chi connectivity index (χ0) is 21.6. The van der Waals surface area contributed by atoms with Gasteiger partial charge in [0.05, 0.1) is 12.2 Å². The number of nitrogens with zero attached hydrogens (tertiary/aromatic N) is 2. The zero-order valence-electron chi connectivity index (χ0n) is 18.6. The van der Waals surface area contributed by atoms with Crippen LogP contribution in [0.1, 0.15) is 37.4 Å². The van der Waals surface area contributed by atoms with Crippen molar-refractivity contribution in [3.8, 4) is 11.8 Å². The molecule has 1 aromatic carbocycles. The van der Waals surface area contributed by atoms with Crippen LogP contribution in [0, 0.1) is 11.8 Å². The molecule has 1 aromatic heterocycles. The van der Waals surface area contributed by atoms with Crippen molar-refractivity contribution in [3.05, 3.63) is 59.4 Å². The Kier molecular flexibility index (Phi) is 7.11. The molecule has 0 saturated carbocycles. The second-order valence-corrected chi connectivity index (χ2v) is 8.55. The summed E-state index contributed by atoms with van der Waals surface area (Å²) in [6.45, 7) is 6.86. The van der Waals surface area contributed by atoms with Gasteiger partial charge in [0.1, 0.15) is 6.17 Å². The molecule has 5 heteroatoms. The minimum absolute atomic E-state index is 0.436. The number of hydrogen-bond donors (Lipinski definition) is 2. The lowest BCUT2D eigenvalue weighted by Gasteiger charge is -2.29. The molecule has 1 saturated heterocycles. The number of allylic oxidation sites excluding steroid dienone is 3. The fourth-order valence-electron chi connectivity index (χ4n) is 4.36. The summed E-state index contributed by atoms with van der Waals surface area (Å²) in [4.78, 5) is 2.40. The van der Waals surface area contributed by atoms with Gasteiger partial charge in [-0.1, -0.05) is 18.1 Å². The van der Waals surface area contributed by atoms with E-state index in [0.717, 1.165) is 24.5 Å². The van der Waals surface area contributed by atoms with Crippen LogP contribution in [0.25, 0.3) is 10.9 Å². The molecule has 1 aliphatic carbocycles. The highest BCUT2D eigenvalue weighted by molar-refractivity contribution is 5.83. The normalized spacial score (nSPS) is 19.8. The molecule has 0 spiro atoms. The van der Waals surface area contributed by atoms with E-state index in [-0.39, 0.29) is 0 Å². The summed E-state index contributed by atoms with van der Waals surface area (Å²) >= 11 is 0. The predicted octanol–water partition coefficient (Wildman–Crippen LogP) is 3.97. The van der Waals surface area contributed by atoms with Crippen molar-refractivity contribution in [1.29, 1.82) is 0 Å². The second kappa shape index (κ2) is 10.2. The Bertz CT molecular complexity index is 1020. The van der Waals surface area contributed by atoms with Crippen molar-refractivity contribution in [3.63, 3.8) is 0 Å². The Morgan fingerprint density at radius 2 is 2.03 bits per heavy atom. The molecule has 31 heavy (non-hydrogen) atoms. The number of aryl methyl sites for hydroxylation is 1. The maximum Gasteiger partial charge on any atom is 0.122 e. The van der Waals surface area contributed by atoms with Gasteiger partial charge in [-0.2, -0.15) is 0 Å². The summed E-state index contributed by atoms with van der Waals surface area (Å²) in [7, 11) is 2.20. The van der Waals surface area contributed by atoms with Gasteiger partial charge in [0.2, 0.25) is 0 Å². The lowest BCUT2D eigenvalue weighted by molar-refractivity contribution is 0.234. The van der Waals surface area contributed by atoms with E-state index in [2.05, 4.69) is 70.2 Å². The van der Waals surface area contributed by atoms with Crippen LogP contribution in [0.2, 0.25) is 0 Å². The Balaban J connectivity index is 1.39. The van der Waals surface area contributed by atoms with Crippen LogP contribution < -0.4 is 10.6 Å². The first-order chi connectivity index (χ1) is 15.1. The number of nitrogens with one attached hydrogen (secondary N) is 2. The third-order valence-corrected chi connectivity index (χ3v) is 6.24. The number of piperidine rings is 1. The van der Waals surface area contributed by atoms with Crippen molar-refractivity contribution in [2.75, 3.05) is 26.7 Å². The molecular formula is C26H33FN4. The predicted molar refractivity (Wildman–Crippen MR) is 127 cm³/mol. The van der Waals surface area contributed by atoms with Crippen molar-refractivity contribution in [2.45, 2.75) is 51.5 Å².